The Morgan fingerprint density at radius 1 is 1.05 bits per heavy atom. The van der Waals surface area contributed by atoms with Crippen molar-refractivity contribution in [2.24, 2.45) is 0 Å². The topological polar surface area (TPSA) is 68.3 Å². The molecule has 0 saturated carbocycles. The molecule has 0 bridgehead atoms. The summed E-state index contributed by atoms with van der Waals surface area (Å²) in [6, 6.07) is 5.54. The fourth-order valence-corrected chi connectivity index (χ4v) is 2.21. The van der Waals surface area contributed by atoms with Crippen molar-refractivity contribution in [1.29, 1.82) is 0 Å². The van der Waals surface area contributed by atoms with Gasteiger partial charge in [-0.1, -0.05) is 0 Å². The Labute approximate surface area is 132 Å². The molecule has 6 nitrogen and oxygen atoms in total. The highest BCUT2D eigenvalue weighted by molar-refractivity contribution is 9.10. The third-order valence-corrected chi connectivity index (χ3v) is 3.50. The standard InChI is InChI=1S/C14H17BrN4O2/c1-4-16-13-12(15)14(18-8-17-13)19-9-5-10(20-2)7-11(6-9)21-3/h5-8H,4H2,1-3H3,(H2,16,17,18,19). The molecule has 112 valence electrons. The van der Waals surface area contributed by atoms with Crippen molar-refractivity contribution in [2.45, 2.75) is 6.92 Å². The molecule has 0 radical (unpaired) electrons. The molecule has 0 atom stereocenters. The van der Waals surface area contributed by atoms with Crippen molar-refractivity contribution in [2.75, 3.05) is 31.4 Å². The summed E-state index contributed by atoms with van der Waals surface area (Å²) in [7, 11) is 3.23. The zero-order valence-corrected chi connectivity index (χ0v) is 13.7. The molecule has 2 N–H and O–H groups in total. The Balaban J connectivity index is 2.31. The van der Waals surface area contributed by atoms with Crippen molar-refractivity contribution in [3.63, 3.8) is 0 Å². The summed E-state index contributed by atoms with van der Waals surface area (Å²) in [5.74, 6) is 2.81. The molecule has 7 heteroatoms. The Morgan fingerprint density at radius 3 is 2.24 bits per heavy atom. The van der Waals surface area contributed by atoms with Gasteiger partial charge in [0.05, 0.1) is 14.2 Å². The van der Waals surface area contributed by atoms with Crippen molar-refractivity contribution < 1.29 is 9.47 Å². The number of halogens is 1. The number of hydrogen-bond acceptors (Lipinski definition) is 6. The molecule has 21 heavy (non-hydrogen) atoms. The number of methoxy groups -OCH3 is 2. The molecule has 0 spiro atoms. The lowest BCUT2D eigenvalue weighted by Gasteiger charge is -2.12. The molecule has 0 aliphatic carbocycles. The SMILES string of the molecule is CCNc1ncnc(Nc2cc(OC)cc(OC)c2)c1Br. The van der Waals surface area contributed by atoms with Gasteiger partial charge >= 0.3 is 0 Å². The third kappa shape index (κ3) is 3.75. The lowest BCUT2D eigenvalue weighted by molar-refractivity contribution is 0.395. The molecule has 0 aliphatic rings. The fraction of sp³-hybridized carbons (Fsp3) is 0.286. The smallest absolute Gasteiger partial charge is 0.150 e. The van der Waals surface area contributed by atoms with E-state index in [-0.39, 0.29) is 0 Å². The lowest BCUT2D eigenvalue weighted by atomic mass is 10.2. The van der Waals surface area contributed by atoms with Crippen LogP contribution in [0.25, 0.3) is 0 Å². The van der Waals surface area contributed by atoms with Gasteiger partial charge in [-0.25, -0.2) is 9.97 Å². The van der Waals surface area contributed by atoms with Gasteiger partial charge in [0.25, 0.3) is 0 Å². The molecule has 1 aromatic carbocycles. The number of ether oxygens (including phenoxy) is 2. The molecule has 1 aromatic heterocycles. The van der Waals surface area contributed by atoms with E-state index in [1.165, 1.54) is 6.33 Å². The fourth-order valence-electron chi connectivity index (χ4n) is 1.76. The molecule has 0 unspecified atom stereocenters. The normalized spacial score (nSPS) is 10.1. The minimum absolute atomic E-state index is 0.663. The van der Waals surface area contributed by atoms with Gasteiger partial charge < -0.3 is 20.1 Å². The maximum Gasteiger partial charge on any atom is 0.150 e. The van der Waals surface area contributed by atoms with E-state index < -0.39 is 0 Å². The monoisotopic (exact) mass is 352 g/mol. The zero-order valence-electron chi connectivity index (χ0n) is 12.1. The molecule has 2 rings (SSSR count). The Morgan fingerprint density at radius 2 is 1.67 bits per heavy atom. The van der Waals surface area contributed by atoms with Crippen LogP contribution < -0.4 is 20.1 Å². The van der Waals surface area contributed by atoms with E-state index in [4.69, 9.17) is 9.47 Å². The molecule has 0 fully saturated rings. The van der Waals surface area contributed by atoms with Crippen LogP contribution in [-0.4, -0.2) is 30.7 Å². The number of nitrogens with zero attached hydrogens (tertiary/aromatic N) is 2. The first kappa shape index (κ1) is 15.4. The summed E-state index contributed by atoms with van der Waals surface area (Å²) in [4.78, 5) is 8.42. The summed E-state index contributed by atoms with van der Waals surface area (Å²) >= 11 is 3.50. The maximum absolute atomic E-state index is 5.25. The van der Waals surface area contributed by atoms with E-state index in [9.17, 15) is 0 Å². The number of benzene rings is 1. The molecular formula is C14H17BrN4O2. The van der Waals surface area contributed by atoms with E-state index in [1.54, 1.807) is 14.2 Å². The predicted octanol–water partition coefficient (Wildman–Crippen LogP) is 3.43. The van der Waals surface area contributed by atoms with E-state index in [0.717, 1.165) is 22.5 Å². The first-order chi connectivity index (χ1) is 10.2. The number of aromatic nitrogens is 2. The minimum Gasteiger partial charge on any atom is -0.497 e. The Hall–Kier alpha value is -2.02. The third-order valence-electron chi connectivity index (χ3n) is 2.75. The van der Waals surface area contributed by atoms with E-state index >= 15 is 0 Å². The summed E-state index contributed by atoms with van der Waals surface area (Å²) in [5.41, 5.74) is 0.813. The first-order valence-electron chi connectivity index (χ1n) is 6.42. The van der Waals surface area contributed by atoms with Gasteiger partial charge in [0.15, 0.2) is 0 Å². The first-order valence-corrected chi connectivity index (χ1v) is 7.21. The van der Waals surface area contributed by atoms with Crippen LogP contribution in [0.4, 0.5) is 17.3 Å². The van der Waals surface area contributed by atoms with Crippen LogP contribution in [0.3, 0.4) is 0 Å². The van der Waals surface area contributed by atoms with Crippen LogP contribution in [0.1, 0.15) is 6.92 Å². The minimum atomic E-state index is 0.663. The lowest BCUT2D eigenvalue weighted by Crippen LogP contribution is -2.04. The molecule has 0 aliphatic heterocycles. The van der Waals surface area contributed by atoms with Crippen LogP contribution in [0.5, 0.6) is 11.5 Å². The summed E-state index contributed by atoms with van der Waals surface area (Å²) in [6.45, 7) is 2.79. The average molecular weight is 353 g/mol. The van der Waals surface area contributed by atoms with E-state index in [1.807, 2.05) is 25.1 Å². The van der Waals surface area contributed by atoms with Crippen molar-refractivity contribution in [3.05, 3.63) is 29.0 Å². The number of anilines is 3. The number of nitrogens with one attached hydrogen (secondary N) is 2. The van der Waals surface area contributed by atoms with Gasteiger partial charge in [0.2, 0.25) is 0 Å². The molecular weight excluding hydrogens is 336 g/mol. The second-order valence-corrected chi connectivity index (χ2v) is 4.93. The van der Waals surface area contributed by atoms with Gasteiger partial charge in [-0.05, 0) is 22.9 Å². The van der Waals surface area contributed by atoms with E-state index in [2.05, 4.69) is 36.5 Å². The molecule has 1 heterocycles. The molecule has 2 aromatic rings. The summed E-state index contributed by atoms with van der Waals surface area (Å²) < 4.78 is 11.3. The highest BCUT2D eigenvalue weighted by Crippen LogP contribution is 2.32. The van der Waals surface area contributed by atoms with Crippen LogP contribution in [-0.2, 0) is 0 Å². The van der Waals surface area contributed by atoms with Gasteiger partial charge in [0.1, 0.15) is 33.9 Å². The molecule has 0 saturated heterocycles. The average Bonchev–Trinajstić information content (AvgIpc) is 2.51. The summed E-state index contributed by atoms with van der Waals surface area (Å²) in [6.07, 6.45) is 1.50. The van der Waals surface area contributed by atoms with Crippen LogP contribution in [0.2, 0.25) is 0 Å². The van der Waals surface area contributed by atoms with E-state index in [0.29, 0.717) is 17.3 Å². The van der Waals surface area contributed by atoms with Gasteiger partial charge in [-0.2, -0.15) is 0 Å². The highest BCUT2D eigenvalue weighted by atomic mass is 79.9. The van der Waals surface area contributed by atoms with Crippen LogP contribution in [0.15, 0.2) is 29.0 Å². The van der Waals surface area contributed by atoms with Crippen molar-refractivity contribution in [3.8, 4) is 11.5 Å². The number of hydrogen-bond donors (Lipinski definition) is 2. The highest BCUT2D eigenvalue weighted by Gasteiger charge is 2.09. The zero-order chi connectivity index (χ0) is 15.2. The van der Waals surface area contributed by atoms with Crippen LogP contribution >= 0.6 is 15.9 Å². The Bertz CT molecular complexity index is 600. The second-order valence-electron chi connectivity index (χ2n) is 4.14. The van der Waals surface area contributed by atoms with Gasteiger partial charge in [-0.15, -0.1) is 0 Å². The van der Waals surface area contributed by atoms with Crippen LogP contribution in [0, 0.1) is 0 Å². The Kier molecular flexibility index (Phi) is 5.21. The summed E-state index contributed by atoms with van der Waals surface area (Å²) in [5, 5.41) is 6.38. The van der Waals surface area contributed by atoms with Crippen molar-refractivity contribution in [1.82, 2.24) is 9.97 Å². The number of rotatable bonds is 6. The second kappa shape index (κ2) is 7.12. The predicted molar refractivity (Wildman–Crippen MR) is 86.7 cm³/mol. The maximum atomic E-state index is 5.25. The van der Waals surface area contributed by atoms with Crippen molar-refractivity contribution >= 4 is 33.3 Å². The largest absolute Gasteiger partial charge is 0.497 e. The van der Waals surface area contributed by atoms with Gasteiger partial charge in [0, 0.05) is 30.4 Å². The molecule has 0 amide bonds. The van der Waals surface area contributed by atoms with Gasteiger partial charge in [-0.3, -0.25) is 0 Å². The quantitative estimate of drug-likeness (QED) is 0.829.